The molecule has 0 spiro atoms. The Balaban J connectivity index is 2.27. The molecule has 7 nitrogen and oxygen atoms in total. The molecule has 0 aliphatic heterocycles. The van der Waals surface area contributed by atoms with Gasteiger partial charge in [0.15, 0.2) is 0 Å². The third kappa shape index (κ3) is 6.07. The van der Waals surface area contributed by atoms with Crippen LogP contribution in [0.3, 0.4) is 0 Å². The second-order valence-corrected chi connectivity index (χ2v) is 7.36. The molecule has 0 saturated heterocycles. The number of carbonyl (C=O) groups excluding carboxylic acids is 3. The Labute approximate surface area is 177 Å². The smallest absolute Gasteiger partial charge is 0.251 e. The minimum Gasteiger partial charge on any atom is -0.497 e. The van der Waals surface area contributed by atoms with Crippen molar-refractivity contribution < 1.29 is 19.1 Å². The number of hydrogen-bond donors (Lipinski definition) is 2. The predicted molar refractivity (Wildman–Crippen MR) is 116 cm³/mol. The van der Waals surface area contributed by atoms with Gasteiger partial charge in [-0.25, -0.2) is 0 Å². The average molecular weight is 412 g/mol. The molecule has 30 heavy (non-hydrogen) atoms. The van der Waals surface area contributed by atoms with Gasteiger partial charge in [-0.1, -0.05) is 38.1 Å². The molecule has 0 heterocycles. The molecule has 160 valence electrons. The van der Waals surface area contributed by atoms with Gasteiger partial charge in [0.2, 0.25) is 11.8 Å². The maximum absolute atomic E-state index is 13.1. The minimum absolute atomic E-state index is 0.186. The van der Waals surface area contributed by atoms with Gasteiger partial charge in [-0.15, -0.1) is 0 Å². The van der Waals surface area contributed by atoms with Crippen LogP contribution < -0.4 is 15.4 Å². The second kappa shape index (κ2) is 10.4. The Hall–Kier alpha value is -3.35. The summed E-state index contributed by atoms with van der Waals surface area (Å²) in [7, 11) is 3.10. The third-order valence-corrected chi connectivity index (χ3v) is 4.79. The van der Waals surface area contributed by atoms with E-state index in [1.165, 1.54) is 17.4 Å². The normalized spacial score (nSPS) is 11.5. The number of methoxy groups -OCH3 is 1. The van der Waals surface area contributed by atoms with Crippen LogP contribution in [0.4, 0.5) is 5.69 Å². The first-order valence-electron chi connectivity index (χ1n) is 9.77. The first-order chi connectivity index (χ1) is 14.2. The fourth-order valence-corrected chi connectivity index (χ4v) is 2.97. The molecule has 0 saturated carbocycles. The number of ether oxygens (including phenoxy) is 1. The molecule has 0 bridgehead atoms. The summed E-state index contributed by atoms with van der Waals surface area (Å²) in [6.07, 6.45) is 0. The Morgan fingerprint density at radius 1 is 0.967 bits per heavy atom. The highest BCUT2D eigenvalue weighted by Gasteiger charge is 2.29. The lowest BCUT2D eigenvalue weighted by Gasteiger charge is -2.28. The number of nitrogens with one attached hydrogen (secondary N) is 2. The number of likely N-dealkylation sites (N-methyl/N-ethyl adjacent to an activating group) is 1. The Kier molecular flexibility index (Phi) is 7.98. The number of carbonyl (C=O) groups is 3. The highest BCUT2D eigenvalue weighted by atomic mass is 16.5. The fourth-order valence-electron chi connectivity index (χ4n) is 2.97. The summed E-state index contributed by atoms with van der Waals surface area (Å²) in [4.78, 5) is 38.2. The molecule has 7 heteroatoms. The lowest BCUT2D eigenvalue weighted by Crippen LogP contribution is -2.43. The van der Waals surface area contributed by atoms with Crippen LogP contribution in [0.1, 0.15) is 43.9 Å². The molecular formula is C23H29N3O4. The zero-order valence-corrected chi connectivity index (χ0v) is 18.1. The quantitative estimate of drug-likeness (QED) is 0.699. The van der Waals surface area contributed by atoms with Crippen LogP contribution in [-0.2, 0) is 14.4 Å². The van der Waals surface area contributed by atoms with Crippen molar-refractivity contribution in [2.24, 2.45) is 0 Å². The Bertz CT molecular complexity index is 876. The summed E-state index contributed by atoms with van der Waals surface area (Å²) in [5.41, 5.74) is 2.44. The molecule has 2 aromatic rings. The predicted octanol–water partition coefficient (Wildman–Crippen LogP) is 3.09. The van der Waals surface area contributed by atoms with Gasteiger partial charge in [-0.2, -0.15) is 0 Å². The molecule has 0 aromatic heterocycles. The van der Waals surface area contributed by atoms with Gasteiger partial charge in [0, 0.05) is 19.7 Å². The van der Waals surface area contributed by atoms with E-state index in [2.05, 4.69) is 24.5 Å². The van der Waals surface area contributed by atoms with E-state index in [-0.39, 0.29) is 24.3 Å². The average Bonchev–Trinajstić information content (AvgIpc) is 2.72. The number of benzene rings is 2. The molecule has 1 unspecified atom stereocenters. The van der Waals surface area contributed by atoms with Crippen molar-refractivity contribution in [1.82, 2.24) is 10.2 Å². The van der Waals surface area contributed by atoms with Gasteiger partial charge in [0.05, 0.1) is 13.7 Å². The SMILES string of the molecule is COc1ccc(C(C(=O)Nc2ccc(C(C)C)cc2)N(C)C(=O)CNC(C)=O)cc1. The van der Waals surface area contributed by atoms with Gasteiger partial charge in [0.1, 0.15) is 11.8 Å². The van der Waals surface area contributed by atoms with Crippen LogP contribution in [0.15, 0.2) is 48.5 Å². The molecule has 0 aliphatic rings. The zero-order chi connectivity index (χ0) is 22.3. The Morgan fingerprint density at radius 2 is 1.53 bits per heavy atom. The molecule has 3 amide bonds. The van der Waals surface area contributed by atoms with Crippen molar-refractivity contribution >= 4 is 23.4 Å². The van der Waals surface area contributed by atoms with Crippen molar-refractivity contribution in [2.45, 2.75) is 32.7 Å². The summed E-state index contributed by atoms with van der Waals surface area (Å²) < 4.78 is 5.18. The minimum atomic E-state index is -0.873. The van der Waals surface area contributed by atoms with Gasteiger partial charge >= 0.3 is 0 Å². The van der Waals surface area contributed by atoms with E-state index in [0.717, 1.165) is 0 Å². The third-order valence-electron chi connectivity index (χ3n) is 4.79. The largest absolute Gasteiger partial charge is 0.497 e. The molecule has 0 aliphatic carbocycles. The molecule has 2 aromatic carbocycles. The highest BCUT2D eigenvalue weighted by molar-refractivity contribution is 5.98. The van der Waals surface area contributed by atoms with Crippen molar-refractivity contribution in [1.29, 1.82) is 0 Å². The lowest BCUT2D eigenvalue weighted by molar-refractivity contribution is -0.137. The van der Waals surface area contributed by atoms with E-state index in [9.17, 15) is 14.4 Å². The summed E-state index contributed by atoms with van der Waals surface area (Å²) >= 11 is 0. The number of anilines is 1. The first-order valence-corrected chi connectivity index (χ1v) is 9.77. The number of rotatable bonds is 8. The maximum atomic E-state index is 13.1. The fraction of sp³-hybridized carbons (Fsp3) is 0.348. The zero-order valence-electron chi connectivity index (χ0n) is 18.1. The van der Waals surface area contributed by atoms with Crippen LogP contribution in [0.2, 0.25) is 0 Å². The maximum Gasteiger partial charge on any atom is 0.251 e. The van der Waals surface area contributed by atoms with Crippen LogP contribution in [0.25, 0.3) is 0 Å². The van der Waals surface area contributed by atoms with Gasteiger partial charge in [-0.05, 0) is 41.3 Å². The van der Waals surface area contributed by atoms with E-state index >= 15 is 0 Å². The number of hydrogen-bond acceptors (Lipinski definition) is 4. The van der Waals surface area contributed by atoms with Crippen LogP contribution in [-0.4, -0.2) is 43.3 Å². The summed E-state index contributed by atoms with van der Waals surface area (Å²) in [5, 5.41) is 5.36. The van der Waals surface area contributed by atoms with Crippen molar-refractivity contribution in [3.63, 3.8) is 0 Å². The van der Waals surface area contributed by atoms with E-state index in [4.69, 9.17) is 4.74 Å². The van der Waals surface area contributed by atoms with Crippen molar-refractivity contribution in [3.8, 4) is 5.75 Å². The molecule has 2 N–H and O–H groups in total. The molecule has 0 fully saturated rings. The molecule has 0 radical (unpaired) electrons. The van der Waals surface area contributed by atoms with E-state index in [1.54, 1.807) is 38.4 Å². The monoisotopic (exact) mass is 411 g/mol. The standard InChI is InChI=1S/C23H29N3O4/c1-15(2)17-6-10-19(11-7-17)25-23(29)22(18-8-12-20(30-5)13-9-18)26(4)21(28)14-24-16(3)27/h6-13,15,22H,14H2,1-5H3,(H,24,27)(H,25,29). The summed E-state index contributed by atoms with van der Waals surface area (Å²) in [6, 6.07) is 13.7. The van der Waals surface area contributed by atoms with Gasteiger partial charge in [0.25, 0.3) is 5.91 Å². The van der Waals surface area contributed by atoms with Gasteiger partial charge < -0.3 is 20.3 Å². The first kappa shape index (κ1) is 22.9. The van der Waals surface area contributed by atoms with E-state index < -0.39 is 6.04 Å². The summed E-state index contributed by atoms with van der Waals surface area (Å²) in [5.74, 6) is -0.00589. The molecule has 1 atom stereocenters. The van der Waals surface area contributed by atoms with Crippen molar-refractivity contribution in [2.75, 3.05) is 26.0 Å². The van der Waals surface area contributed by atoms with E-state index in [0.29, 0.717) is 22.9 Å². The lowest BCUT2D eigenvalue weighted by atomic mass is 10.0. The molecule has 2 rings (SSSR count). The summed E-state index contributed by atoms with van der Waals surface area (Å²) in [6.45, 7) is 5.35. The number of nitrogens with zero attached hydrogens (tertiary/aromatic N) is 1. The topological polar surface area (TPSA) is 87.7 Å². The van der Waals surface area contributed by atoms with E-state index in [1.807, 2.05) is 24.3 Å². The van der Waals surface area contributed by atoms with Crippen LogP contribution in [0, 0.1) is 0 Å². The van der Waals surface area contributed by atoms with Crippen molar-refractivity contribution in [3.05, 3.63) is 59.7 Å². The Morgan fingerprint density at radius 3 is 2.03 bits per heavy atom. The molecular weight excluding hydrogens is 382 g/mol. The number of amides is 3. The van der Waals surface area contributed by atoms with Crippen LogP contribution >= 0.6 is 0 Å². The highest BCUT2D eigenvalue weighted by Crippen LogP contribution is 2.25. The van der Waals surface area contributed by atoms with Gasteiger partial charge in [-0.3, -0.25) is 14.4 Å². The second-order valence-electron chi connectivity index (χ2n) is 7.36. The van der Waals surface area contributed by atoms with Crippen LogP contribution in [0.5, 0.6) is 5.75 Å².